The summed E-state index contributed by atoms with van der Waals surface area (Å²) in [7, 11) is 0. The minimum Gasteiger partial charge on any atom is -0.381 e. The standard InChI is InChI=1S/C11H7ClF3N3/c12-6-3-5(13)1-2-9(6)17-11-8(15)4-7(14)10(16)18-11/h1-4H,(H3,16,17,18). The molecule has 3 N–H and O–H groups in total. The maximum atomic E-state index is 13.4. The number of halogens is 4. The molecule has 0 aliphatic carbocycles. The Morgan fingerprint density at radius 3 is 2.50 bits per heavy atom. The van der Waals surface area contributed by atoms with E-state index in [1.165, 1.54) is 6.07 Å². The predicted molar refractivity (Wildman–Crippen MR) is 63.3 cm³/mol. The van der Waals surface area contributed by atoms with Crippen LogP contribution in [0.25, 0.3) is 0 Å². The first-order valence-corrected chi connectivity index (χ1v) is 5.19. The van der Waals surface area contributed by atoms with Crippen molar-refractivity contribution >= 4 is 28.9 Å². The third kappa shape index (κ3) is 2.48. The van der Waals surface area contributed by atoms with Crippen LogP contribution >= 0.6 is 11.6 Å². The number of nitrogens with zero attached hydrogens (tertiary/aromatic N) is 1. The first-order chi connectivity index (χ1) is 8.47. The van der Waals surface area contributed by atoms with Gasteiger partial charge in [0.1, 0.15) is 5.82 Å². The topological polar surface area (TPSA) is 50.9 Å². The Labute approximate surface area is 105 Å². The van der Waals surface area contributed by atoms with Gasteiger partial charge in [0, 0.05) is 6.07 Å². The fourth-order valence-corrected chi connectivity index (χ4v) is 1.50. The summed E-state index contributed by atoms with van der Waals surface area (Å²) in [6.45, 7) is 0. The van der Waals surface area contributed by atoms with Crippen molar-refractivity contribution in [3.05, 3.63) is 46.7 Å². The molecule has 3 nitrogen and oxygen atoms in total. The van der Waals surface area contributed by atoms with Crippen molar-refractivity contribution in [2.45, 2.75) is 0 Å². The Hall–Kier alpha value is -1.95. The van der Waals surface area contributed by atoms with Gasteiger partial charge in [0.15, 0.2) is 23.3 Å². The van der Waals surface area contributed by atoms with Crippen LogP contribution in [-0.4, -0.2) is 4.98 Å². The van der Waals surface area contributed by atoms with Crippen LogP contribution in [0.3, 0.4) is 0 Å². The van der Waals surface area contributed by atoms with Gasteiger partial charge in [-0.25, -0.2) is 18.2 Å². The largest absolute Gasteiger partial charge is 0.381 e. The Morgan fingerprint density at radius 1 is 1.11 bits per heavy atom. The van der Waals surface area contributed by atoms with E-state index in [-0.39, 0.29) is 16.5 Å². The van der Waals surface area contributed by atoms with Gasteiger partial charge in [-0.15, -0.1) is 0 Å². The predicted octanol–water partition coefficient (Wildman–Crippen LogP) is 3.48. The molecule has 2 aromatic rings. The van der Waals surface area contributed by atoms with Crippen LogP contribution in [0.2, 0.25) is 5.02 Å². The van der Waals surface area contributed by atoms with Gasteiger partial charge < -0.3 is 11.1 Å². The van der Waals surface area contributed by atoms with Crippen molar-refractivity contribution in [3.8, 4) is 0 Å². The number of hydrogen-bond donors (Lipinski definition) is 2. The Bertz CT molecular complexity index is 604. The van der Waals surface area contributed by atoms with E-state index in [1.807, 2.05) is 0 Å². The minimum atomic E-state index is -0.955. The molecule has 0 bridgehead atoms. The van der Waals surface area contributed by atoms with Crippen LogP contribution in [-0.2, 0) is 0 Å². The van der Waals surface area contributed by atoms with Gasteiger partial charge in [-0.1, -0.05) is 11.6 Å². The second-order valence-electron chi connectivity index (χ2n) is 3.44. The highest BCUT2D eigenvalue weighted by molar-refractivity contribution is 6.33. The zero-order valence-corrected chi connectivity index (χ0v) is 9.60. The van der Waals surface area contributed by atoms with Crippen LogP contribution in [0.15, 0.2) is 24.3 Å². The lowest BCUT2D eigenvalue weighted by Crippen LogP contribution is -2.03. The first kappa shape index (κ1) is 12.5. The number of rotatable bonds is 2. The number of nitrogen functional groups attached to an aromatic ring is 1. The van der Waals surface area contributed by atoms with E-state index in [1.54, 1.807) is 0 Å². The van der Waals surface area contributed by atoms with Crippen LogP contribution in [0, 0.1) is 17.5 Å². The van der Waals surface area contributed by atoms with E-state index in [2.05, 4.69) is 10.3 Å². The number of hydrogen-bond acceptors (Lipinski definition) is 3. The molecule has 1 heterocycles. The molecule has 0 spiro atoms. The number of pyridine rings is 1. The Kier molecular flexibility index (Phi) is 3.29. The van der Waals surface area contributed by atoms with Gasteiger partial charge in [0.05, 0.1) is 10.7 Å². The van der Waals surface area contributed by atoms with Crippen molar-refractivity contribution in [1.82, 2.24) is 4.98 Å². The molecular formula is C11H7ClF3N3. The van der Waals surface area contributed by atoms with Gasteiger partial charge in [0.2, 0.25) is 0 Å². The molecule has 0 unspecified atom stereocenters. The summed E-state index contributed by atoms with van der Waals surface area (Å²) in [5, 5.41) is 2.55. The lowest BCUT2D eigenvalue weighted by atomic mass is 10.3. The van der Waals surface area contributed by atoms with Crippen molar-refractivity contribution in [2.75, 3.05) is 11.1 Å². The number of anilines is 3. The van der Waals surface area contributed by atoms with E-state index in [0.717, 1.165) is 12.1 Å². The maximum absolute atomic E-state index is 13.4. The van der Waals surface area contributed by atoms with Crippen molar-refractivity contribution in [1.29, 1.82) is 0 Å². The highest BCUT2D eigenvalue weighted by Gasteiger charge is 2.11. The molecular weight excluding hydrogens is 267 g/mol. The monoisotopic (exact) mass is 273 g/mol. The van der Waals surface area contributed by atoms with Crippen molar-refractivity contribution < 1.29 is 13.2 Å². The molecule has 0 aliphatic rings. The SMILES string of the molecule is Nc1nc(Nc2ccc(F)cc2Cl)c(F)cc1F. The molecule has 0 amide bonds. The molecule has 0 aliphatic heterocycles. The normalized spacial score (nSPS) is 10.4. The van der Waals surface area contributed by atoms with E-state index in [0.29, 0.717) is 6.07 Å². The molecule has 0 radical (unpaired) electrons. The molecule has 0 saturated carbocycles. The quantitative estimate of drug-likeness (QED) is 0.881. The summed E-state index contributed by atoms with van der Waals surface area (Å²) in [5.41, 5.74) is 5.45. The van der Waals surface area contributed by atoms with E-state index < -0.39 is 23.3 Å². The maximum Gasteiger partial charge on any atom is 0.169 e. The highest BCUT2D eigenvalue weighted by Crippen LogP contribution is 2.27. The summed E-state index contributed by atoms with van der Waals surface area (Å²) >= 11 is 5.74. The van der Waals surface area contributed by atoms with Crippen LogP contribution < -0.4 is 11.1 Å². The van der Waals surface area contributed by atoms with Crippen molar-refractivity contribution in [3.63, 3.8) is 0 Å². The fraction of sp³-hybridized carbons (Fsp3) is 0. The molecule has 0 saturated heterocycles. The summed E-state index contributed by atoms with van der Waals surface area (Å²) in [6, 6.07) is 4.09. The molecule has 2 rings (SSSR count). The molecule has 18 heavy (non-hydrogen) atoms. The summed E-state index contributed by atoms with van der Waals surface area (Å²) in [5.74, 6) is -3.15. The number of nitrogens with two attached hydrogens (primary N) is 1. The zero-order valence-electron chi connectivity index (χ0n) is 8.85. The highest BCUT2D eigenvalue weighted by atomic mass is 35.5. The third-order valence-electron chi connectivity index (χ3n) is 2.14. The zero-order chi connectivity index (χ0) is 13.3. The Balaban J connectivity index is 2.37. The van der Waals surface area contributed by atoms with Crippen LogP contribution in [0.1, 0.15) is 0 Å². The van der Waals surface area contributed by atoms with Gasteiger partial charge in [-0.2, -0.15) is 0 Å². The second-order valence-corrected chi connectivity index (χ2v) is 3.84. The molecule has 7 heteroatoms. The minimum absolute atomic E-state index is 0.0408. The molecule has 1 aromatic carbocycles. The van der Waals surface area contributed by atoms with Crippen molar-refractivity contribution in [2.24, 2.45) is 0 Å². The smallest absolute Gasteiger partial charge is 0.169 e. The van der Waals surface area contributed by atoms with E-state index in [9.17, 15) is 13.2 Å². The second kappa shape index (κ2) is 4.73. The number of aromatic nitrogens is 1. The number of benzene rings is 1. The molecule has 94 valence electrons. The molecule has 0 atom stereocenters. The number of nitrogens with one attached hydrogen (secondary N) is 1. The fourth-order valence-electron chi connectivity index (χ4n) is 1.29. The Morgan fingerprint density at radius 2 is 1.83 bits per heavy atom. The van der Waals surface area contributed by atoms with Gasteiger partial charge >= 0.3 is 0 Å². The lowest BCUT2D eigenvalue weighted by molar-refractivity contribution is 0.581. The third-order valence-corrected chi connectivity index (χ3v) is 2.45. The lowest BCUT2D eigenvalue weighted by Gasteiger charge is -2.09. The average Bonchev–Trinajstić information content (AvgIpc) is 2.29. The average molecular weight is 274 g/mol. The summed E-state index contributed by atoms with van der Waals surface area (Å²) in [6.07, 6.45) is 0. The van der Waals surface area contributed by atoms with E-state index >= 15 is 0 Å². The molecule has 1 aromatic heterocycles. The van der Waals surface area contributed by atoms with Gasteiger partial charge in [0.25, 0.3) is 0 Å². The summed E-state index contributed by atoms with van der Waals surface area (Å²) in [4.78, 5) is 3.50. The van der Waals surface area contributed by atoms with E-state index in [4.69, 9.17) is 17.3 Å². The van der Waals surface area contributed by atoms with Gasteiger partial charge in [-0.3, -0.25) is 0 Å². The molecule has 0 fully saturated rings. The van der Waals surface area contributed by atoms with Gasteiger partial charge in [-0.05, 0) is 18.2 Å². The van der Waals surface area contributed by atoms with Crippen LogP contribution in [0.5, 0.6) is 0 Å². The first-order valence-electron chi connectivity index (χ1n) is 4.81. The van der Waals surface area contributed by atoms with Crippen LogP contribution in [0.4, 0.5) is 30.5 Å². The summed E-state index contributed by atoms with van der Waals surface area (Å²) < 4.78 is 39.1.